The van der Waals surface area contributed by atoms with Gasteiger partial charge in [-0.05, 0) is 55.2 Å². The van der Waals surface area contributed by atoms with Crippen LogP contribution >= 0.6 is 0 Å². The minimum atomic E-state index is 0.215. The average molecular weight is 334 g/mol. The minimum absolute atomic E-state index is 0.215. The first-order valence-corrected chi connectivity index (χ1v) is 8.74. The Morgan fingerprint density at radius 1 is 1.21 bits per heavy atom. The van der Waals surface area contributed by atoms with Crippen LogP contribution in [-0.2, 0) is 0 Å². The van der Waals surface area contributed by atoms with E-state index in [0.717, 1.165) is 44.3 Å². The lowest BCUT2D eigenvalue weighted by atomic mass is 9.71. The van der Waals surface area contributed by atoms with Crippen molar-refractivity contribution < 1.29 is 0 Å². The van der Waals surface area contributed by atoms with Gasteiger partial charge in [0.2, 0.25) is 0 Å². The first-order chi connectivity index (χ1) is 11.2. The Bertz CT molecular complexity index is 508. The molecule has 0 spiro atoms. The van der Waals surface area contributed by atoms with Gasteiger partial charge in [0.15, 0.2) is 0 Å². The second kappa shape index (κ2) is 9.04. The van der Waals surface area contributed by atoms with Gasteiger partial charge in [-0.3, -0.25) is 4.98 Å². The molecule has 6 N–H and O–H groups in total. The summed E-state index contributed by atoms with van der Waals surface area (Å²) in [6, 6.07) is 3.79. The molecule has 0 aliphatic heterocycles. The van der Waals surface area contributed by atoms with Gasteiger partial charge in [-0.1, -0.05) is 27.7 Å². The number of hydrazine groups is 1. The predicted molar refractivity (Wildman–Crippen MR) is 102 cm³/mol. The lowest BCUT2D eigenvalue weighted by Crippen LogP contribution is -2.32. The standard InChI is InChI=1S/C19H35N5/c1-18(2,8-6-10-20)15-19(3,4)9-12-24(22)14-17(21)16-7-5-11-23-13-16/h5,7,11,13-14H,6,8-10,12,15,20-22H2,1-4H3/b17-14-. The number of hydrogen-bond donors (Lipinski definition) is 3. The van der Waals surface area contributed by atoms with Crippen LogP contribution in [0.5, 0.6) is 0 Å². The SMILES string of the molecule is CC(C)(CCCN)CC(C)(C)CCN(N)/C=C(\N)c1cccnc1. The highest BCUT2D eigenvalue weighted by Crippen LogP contribution is 2.38. The molecule has 1 aromatic heterocycles. The Labute approximate surface area is 147 Å². The third kappa shape index (κ3) is 7.79. The predicted octanol–water partition coefficient (Wildman–Crippen LogP) is 3.09. The molecule has 24 heavy (non-hydrogen) atoms. The molecule has 0 saturated heterocycles. The van der Waals surface area contributed by atoms with Crippen molar-refractivity contribution in [2.45, 2.75) is 53.4 Å². The van der Waals surface area contributed by atoms with E-state index in [1.807, 2.05) is 12.1 Å². The van der Waals surface area contributed by atoms with Crippen LogP contribution in [-0.4, -0.2) is 23.1 Å². The van der Waals surface area contributed by atoms with Gasteiger partial charge in [-0.25, -0.2) is 5.84 Å². The van der Waals surface area contributed by atoms with E-state index in [4.69, 9.17) is 17.3 Å². The molecule has 0 fully saturated rings. The summed E-state index contributed by atoms with van der Waals surface area (Å²) in [4.78, 5) is 4.07. The topological polar surface area (TPSA) is 94.2 Å². The third-order valence-electron chi connectivity index (χ3n) is 4.36. The van der Waals surface area contributed by atoms with Gasteiger partial charge in [0.1, 0.15) is 0 Å². The fraction of sp³-hybridized carbons (Fsp3) is 0.632. The van der Waals surface area contributed by atoms with Crippen LogP contribution in [0.1, 0.15) is 58.9 Å². The van der Waals surface area contributed by atoms with Crippen molar-refractivity contribution in [3.05, 3.63) is 36.3 Å². The van der Waals surface area contributed by atoms with Crippen LogP contribution < -0.4 is 17.3 Å². The van der Waals surface area contributed by atoms with Crippen molar-refractivity contribution in [1.82, 2.24) is 9.99 Å². The quantitative estimate of drug-likeness (QED) is 0.452. The Hall–Kier alpha value is -1.59. The lowest BCUT2D eigenvalue weighted by Gasteiger charge is -2.36. The van der Waals surface area contributed by atoms with E-state index in [2.05, 4.69) is 32.7 Å². The van der Waals surface area contributed by atoms with E-state index in [1.165, 1.54) is 0 Å². The molecule has 0 unspecified atom stereocenters. The molecule has 0 aliphatic rings. The van der Waals surface area contributed by atoms with Gasteiger partial charge in [0, 0.05) is 30.7 Å². The summed E-state index contributed by atoms with van der Waals surface area (Å²) in [6.45, 7) is 10.8. The fourth-order valence-electron chi connectivity index (χ4n) is 3.34. The smallest absolute Gasteiger partial charge is 0.0579 e. The molecule has 0 aromatic carbocycles. The van der Waals surface area contributed by atoms with Crippen LogP contribution in [0.15, 0.2) is 30.7 Å². The van der Waals surface area contributed by atoms with Crippen molar-refractivity contribution in [2.75, 3.05) is 13.1 Å². The van der Waals surface area contributed by atoms with Gasteiger partial charge < -0.3 is 16.5 Å². The zero-order valence-corrected chi connectivity index (χ0v) is 15.8. The van der Waals surface area contributed by atoms with Crippen LogP contribution in [0.25, 0.3) is 5.70 Å². The number of nitrogens with zero attached hydrogens (tertiary/aromatic N) is 2. The van der Waals surface area contributed by atoms with Gasteiger partial charge in [-0.2, -0.15) is 0 Å². The maximum Gasteiger partial charge on any atom is 0.0579 e. The zero-order chi connectivity index (χ0) is 18.2. The molecule has 0 radical (unpaired) electrons. The summed E-state index contributed by atoms with van der Waals surface area (Å²) in [5.74, 6) is 6.10. The molecule has 0 aliphatic carbocycles. The molecular formula is C19H35N5. The molecule has 0 bridgehead atoms. The summed E-state index contributed by atoms with van der Waals surface area (Å²) >= 11 is 0. The highest BCUT2D eigenvalue weighted by molar-refractivity contribution is 5.60. The Morgan fingerprint density at radius 3 is 2.46 bits per heavy atom. The molecule has 0 saturated carbocycles. The maximum atomic E-state index is 6.10. The second-order valence-electron chi connectivity index (χ2n) is 8.21. The van der Waals surface area contributed by atoms with E-state index in [9.17, 15) is 0 Å². The van der Waals surface area contributed by atoms with E-state index in [0.29, 0.717) is 11.1 Å². The van der Waals surface area contributed by atoms with Crippen LogP contribution in [0.4, 0.5) is 0 Å². The number of hydrogen-bond acceptors (Lipinski definition) is 5. The molecule has 1 rings (SSSR count). The Morgan fingerprint density at radius 2 is 1.88 bits per heavy atom. The van der Waals surface area contributed by atoms with Crippen LogP contribution in [0.3, 0.4) is 0 Å². The Balaban J connectivity index is 2.54. The summed E-state index contributed by atoms with van der Waals surface area (Å²) in [5.41, 5.74) is 13.8. The molecule has 1 heterocycles. The van der Waals surface area contributed by atoms with Crippen LogP contribution in [0.2, 0.25) is 0 Å². The second-order valence-corrected chi connectivity index (χ2v) is 8.21. The highest BCUT2D eigenvalue weighted by atomic mass is 15.4. The van der Waals surface area contributed by atoms with Crippen molar-refractivity contribution in [2.24, 2.45) is 28.1 Å². The van der Waals surface area contributed by atoms with Gasteiger partial charge in [-0.15, -0.1) is 0 Å². The minimum Gasteiger partial charge on any atom is -0.397 e. The normalized spacial score (nSPS) is 13.2. The monoisotopic (exact) mass is 333 g/mol. The van der Waals surface area contributed by atoms with Crippen molar-refractivity contribution in [3.8, 4) is 0 Å². The number of pyridine rings is 1. The van der Waals surface area contributed by atoms with E-state index in [-0.39, 0.29) is 5.41 Å². The zero-order valence-electron chi connectivity index (χ0n) is 15.8. The van der Waals surface area contributed by atoms with E-state index in [1.54, 1.807) is 23.6 Å². The maximum absolute atomic E-state index is 6.10. The summed E-state index contributed by atoms with van der Waals surface area (Å²) in [5, 5.41) is 1.68. The van der Waals surface area contributed by atoms with Crippen molar-refractivity contribution >= 4 is 5.70 Å². The summed E-state index contributed by atoms with van der Waals surface area (Å²) < 4.78 is 0. The molecular weight excluding hydrogens is 298 g/mol. The molecule has 136 valence electrons. The molecule has 0 amide bonds. The van der Waals surface area contributed by atoms with Crippen LogP contribution in [0, 0.1) is 10.8 Å². The third-order valence-corrected chi connectivity index (χ3v) is 4.36. The molecule has 5 nitrogen and oxygen atoms in total. The first-order valence-electron chi connectivity index (χ1n) is 8.74. The molecule has 1 aromatic rings. The van der Waals surface area contributed by atoms with Crippen molar-refractivity contribution in [1.29, 1.82) is 0 Å². The summed E-state index contributed by atoms with van der Waals surface area (Å²) in [7, 11) is 0. The van der Waals surface area contributed by atoms with Gasteiger partial charge >= 0.3 is 0 Å². The first kappa shape index (κ1) is 20.5. The largest absolute Gasteiger partial charge is 0.397 e. The molecule has 5 heteroatoms. The Kier molecular flexibility index (Phi) is 7.70. The fourth-order valence-corrected chi connectivity index (χ4v) is 3.34. The lowest BCUT2D eigenvalue weighted by molar-refractivity contribution is 0.156. The van der Waals surface area contributed by atoms with Crippen molar-refractivity contribution in [3.63, 3.8) is 0 Å². The highest BCUT2D eigenvalue weighted by Gasteiger charge is 2.28. The number of aromatic nitrogens is 1. The number of nitrogens with two attached hydrogens (primary N) is 3. The molecule has 0 atom stereocenters. The summed E-state index contributed by atoms with van der Waals surface area (Å²) in [6.07, 6.45) is 9.65. The van der Waals surface area contributed by atoms with E-state index >= 15 is 0 Å². The number of rotatable bonds is 10. The van der Waals surface area contributed by atoms with Gasteiger partial charge in [0.05, 0.1) is 5.70 Å². The van der Waals surface area contributed by atoms with Gasteiger partial charge in [0.25, 0.3) is 0 Å². The van der Waals surface area contributed by atoms with E-state index < -0.39 is 0 Å². The average Bonchev–Trinajstić information content (AvgIpc) is 2.51.